The molecule has 3 rings (SSSR count). The van der Waals surface area contributed by atoms with Gasteiger partial charge in [-0.3, -0.25) is 4.79 Å². The third kappa shape index (κ3) is 4.79. The first-order valence-electron chi connectivity index (χ1n) is 9.35. The number of hydrogen-bond acceptors (Lipinski definition) is 5. The summed E-state index contributed by atoms with van der Waals surface area (Å²) in [5.74, 6) is 3.05. The highest BCUT2D eigenvalue weighted by Crippen LogP contribution is 2.23. The lowest BCUT2D eigenvalue weighted by Gasteiger charge is -2.33. The number of hydrogen-bond donors (Lipinski definition) is 0. The van der Waals surface area contributed by atoms with Crippen molar-refractivity contribution in [3.63, 3.8) is 0 Å². The maximum atomic E-state index is 12.5. The van der Waals surface area contributed by atoms with Crippen LogP contribution in [0.4, 0.5) is 0 Å². The van der Waals surface area contributed by atoms with Crippen LogP contribution in [-0.4, -0.2) is 59.1 Å². The number of likely N-dealkylation sites (tertiary alicyclic amines) is 2. The highest BCUT2D eigenvalue weighted by Gasteiger charge is 2.25. The molecule has 1 amide bonds. The number of rotatable bonds is 5. The van der Waals surface area contributed by atoms with Crippen molar-refractivity contribution in [3.05, 3.63) is 11.7 Å². The molecule has 2 fully saturated rings. The number of carbonyl (C=O) groups is 1. The van der Waals surface area contributed by atoms with Crippen LogP contribution in [0.15, 0.2) is 4.52 Å². The summed E-state index contributed by atoms with van der Waals surface area (Å²) < 4.78 is 5.03. The summed E-state index contributed by atoms with van der Waals surface area (Å²) in [6.45, 7) is 5.94. The summed E-state index contributed by atoms with van der Waals surface area (Å²) in [6, 6.07) is 0. The Hall–Kier alpha value is -1.43. The van der Waals surface area contributed by atoms with E-state index in [4.69, 9.17) is 4.52 Å². The standard InChI is InChI=1S/C18H30N4O2/c1-14-19-17(20-24-14)12-15-7-10-22(11-8-15)18(23)6-5-16-4-3-9-21(2)13-16/h15-16H,3-13H2,1-2H3/t16-/m0/s1. The summed E-state index contributed by atoms with van der Waals surface area (Å²) in [4.78, 5) is 21.2. The van der Waals surface area contributed by atoms with Crippen LogP contribution in [0.5, 0.6) is 0 Å². The molecule has 0 N–H and O–H groups in total. The van der Waals surface area contributed by atoms with Crippen LogP contribution >= 0.6 is 0 Å². The van der Waals surface area contributed by atoms with E-state index in [0.717, 1.165) is 51.1 Å². The maximum Gasteiger partial charge on any atom is 0.223 e. The first-order chi connectivity index (χ1) is 11.6. The highest BCUT2D eigenvalue weighted by atomic mass is 16.5. The fourth-order valence-electron chi connectivity index (χ4n) is 4.06. The molecule has 0 unspecified atom stereocenters. The lowest BCUT2D eigenvalue weighted by atomic mass is 9.91. The van der Waals surface area contributed by atoms with Gasteiger partial charge in [0.25, 0.3) is 0 Å². The van der Waals surface area contributed by atoms with E-state index < -0.39 is 0 Å². The largest absolute Gasteiger partial charge is 0.343 e. The lowest BCUT2D eigenvalue weighted by Crippen LogP contribution is -2.39. The topological polar surface area (TPSA) is 62.5 Å². The van der Waals surface area contributed by atoms with Crippen molar-refractivity contribution in [1.29, 1.82) is 0 Å². The van der Waals surface area contributed by atoms with Gasteiger partial charge >= 0.3 is 0 Å². The summed E-state index contributed by atoms with van der Waals surface area (Å²) in [5.41, 5.74) is 0. The second-order valence-corrected chi connectivity index (χ2v) is 7.57. The molecule has 0 spiro atoms. The third-order valence-corrected chi connectivity index (χ3v) is 5.50. The Balaban J connectivity index is 1.37. The zero-order chi connectivity index (χ0) is 16.9. The molecule has 0 radical (unpaired) electrons. The Bertz CT molecular complexity index is 537. The Morgan fingerprint density at radius 2 is 2.00 bits per heavy atom. The van der Waals surface area contributed by atoms with Gasteiger partial charge in [-0.2, -0.15) is 4.98 Å². The number of amides is 1. The van der Waals surface area contributed by atoms with Crippen LogP contribution < -0.4 is 0 Å². The van der Waals surface area contributed by atoms with Crippen molar-refractivity contribution >= 4 is 5.91 Å². The Kier molecular flexibility index (Phi) is 5.87. The molecule has 2 aliphatic rings. The molecule has 1 aromatic rings. The van der Waals surface area contributed by atoms with Crippen molar-refractivity contribution in [1.82, 2.24) is 19.9 Å². The maximum absolute atomic E-state index is 12.5. The zero-order valence-corrected chi connectivity index (χ0v) is 15.0. The summed E-state index contributed by atoms with van der Waals surface area (Å²) in [7, 11) is 2.18. The van der Waals surface area contributed by atoms with Crippen molar-refractivity contribution < 1.29 is 9.32 Å². The molecule has 2 saturated heterocycles. The molecule has 1 atom stereocenters. The van der Waals surface area contributed by atoms with Crippen LogP contribution in [0.25, 0.3) is 0 Å². The van der Waals surface area contributed by atoms with Crippen LogP contribution in [0.1, 0.15) is 50.2 Å². The van der Waals surface area contributed by atoms with Crippen molar-refractivity contribution in [2.45, 2.75) is 51.9 Å². The van der Waals surface area contributed by atoms with Crippen molar-refractivity contribution in [2.75, 3.05) is 33.2 Å². The first kappa shape index (κ1) is 17.4. The number of piperidine rings is 2. The van der Waals surface area contributed by atoms with E-state index in [1.807, 2.05) is 6.92 Å². The molecular weight excluding hydrogens is 304 g/mol. The molecule has 0 aromatic carbocycles. The monoisotopic (exact) mass is 334 g/mol. The second-order valence-electron chi connectivity index (χ2n) is 7.57. The molecule has 0 aliphatic carbocycles. The van der Waals surface area contributed by atoms with E-state index in [9.17, 15) is 4.79 Å². The van der Waals surface area contributed by atoms with Gasteiger partial charge in [0.1, 0.15) is 0 Å². The summed E-state index contributed by atoms with van der Waals surface area (Å²) in [6.07, 6.45) is 7.28. The van der Waals surface area contributed by atoms with Gasteiger partial charge in [0, 0.05) is 39.4 Å². The molecule has 0 saturated carbocycles. The lowest BCUT2D eigenvalue weighted by molar-refractivity contribution is -0.133. The Morgan fingerprint density at radius 1 is 1.21 bits per heavy atom. The Labute approximate surface area is 144 Å². The van der Waals surface area contributed by atoms with Crippen LogP contribution in [0.2, 0.25) is 0 Å². The quantitative estimate of drug-likeness (QED) is 0.827. The first-order valence-corrected chi connectivity index (χ1v) is 9.35. The van der Waals surface area contributed by atoms with Gasteiger partial charge in [-0.05, 0) is 57.5 Å². The van der Waals surface area contributed by atoms with Crippen molar-refractivity contribution in [3.8, 4) is 0 Å². The minimum atomic E-state index is 0.345. The molecular formula is C18H30N4O2. The Morgan fingerprint density at radius 3 is 2.67 bits per heavy atom. The van der Waals surface area contributed by atoms with Crippen molar-refractivity contribution in [2.24, 2.45) is 11.8 Å². The van der Waals surface area contributed by atoms with Gasteiger partial charge in [-0.1, -0.05) is 5.16 Å². The number of carbonyl (C=O) groups excluding carboxylic acids is 1. The zero-order valence-electron chi connectivity index (χ0n) is 15.0. The van der Waals surface area contributed by atoms with E-state index >= 15 is 0 Å². The average Bonchev–Trinajstić information content (AvgIpc) is 2.98. The summed E-state index contributed by atoms with van der Waals surface area (Å²) >= 11 is 0. The fourth-order valence-corrected chi connectivity index (χ4v) is 4.06. The molecule has 3 heterocycles. The van der Waals surface area contributed by atoms with Gasteiger partial charge in [0.2, 0.25) is 11.8 Å². The molecule has 6 heteroatoms. The van der Waals surface area contributed by atoms with Gasteiger partial charge in [0.05, 0.1) is 0 Å². The van der Waals surface area contributed by atoms with E-state index in [1.54, 1.807) is 0 Å². The second kappa shape index (κ2) is 8.10. The normalized spacial score (nSPS) is 23.6. The van der Waals surface area contributed by atoms with Gasteiger partial charge < -0.3 is 14.3 Å². The minimum Gasteiger partial charge on any atom is -0.343 e. The number of aryl methyl sites for hydroxylation is 1. The smallest absolute Gasteiger partial charge is 0.223 e. The molecule has 0 bridgehead atoms. The van der Waals surface area contributed by atoms with E-state index in [1.165, 1.54) is 19.4 Å². The molecule has 134 valence electrons. The number of aromatic nitrogens is 2. The van der Waals surface area contributed by atoms with Gasteiger partial charge in [-0.15, -0.1) is 0 Å². The molecule has 1 aromatic heterocycles. The highest BCUT2D eigenvalue weighted by molar-refractivity contribution is 5.76. The predicted molar refractivity (Wildman–Crippen MR) is 91.5 cm³/mol. The van der Waals surface area contributed by atoms with Gasteiger partial charge in [-0.25, -0.2) is 0 Å². The van der Waals surface area contributed by atoms with E-state index in [0.29, 0.717) is 30.1 Å². The molecule has 2 aliphatic heterocycles. The fraction of sp³-hybridized carbons (Fsp3) is 0.833. The minimum absolute atomic E-state index is 0.345. The SMILES string of the molecule is Cc1nc(CC2CCN(C(=O)CC[C@@H]3CCCN(C)C3)CC2)no1. The third-order valence-electron chi connectivity index (χ3n) is 5.50. The van der Waals surface area contributed by atoms with Crippen LogP contribution in [0.3, 0.4) is 0 Å². The average molecular weight is 334 g/mol. The van der Waals surface area contributed by atoms with Gasteiger partial charge in [0.15, 0.2) is 5.82 Å². The molecule has 6 nitrogen and oxygen atoms in total. The van der Waals surface area contributed by atoms with E-state index in [2.05, 4.69) is 27.0 Å². The molecule has 24 heavy (non-hydrogen) atoms. The number of nitrogens with zero attached hydrogens (tertiary/aromatic N) is 4. The van der Waals surface area contributed by atoms with Crippen LogP contribution in [-0.2, 0) is 11.2 Å². The summed E-state index contributed by atoms with van der Waals surface area (Å²) in [5, 5.41) is 3.98. The van der Waals surface area contributed by atoms with Crippen LogP contribution in [0, 0.1) is 18.8 Å². The predicted octanol–water partition coefficient (Wildman–Crippen LogP) is 2.28. The van der Waals surface area contributed by atoms with E-state index in [-0.39, 0.29) is 0 Å².